The molecule has 0 fully saturated rings. The van der Waals surface area contributed by atoms with E-state index in [0.29, 0.717) is 18.8 Å². The molecule has 128 valence electrons. The Morgan fingerprint density at radius 2 is 1.91 bits per heavy atom. The fraction of sp³-hybridized carbons (Fsp3) is 0.529. The first kappa shape index (κ1) is 19.5. The zero-order chi connectivity index (χ0) is 17.2. The molecule has 2 amide bonds. The molecular formula is C17H25FN2O2S. The molecule has 0 spiro atoms. The maximum atomic E-state index is 12.9. The summed E-state index contributed by atoms with van der Waals surface area (Å²) in [5.74, 6) is -0.159. The molecule has 1 aromatic carbocycles. The van der Waals surface area contributed by atoms with Crippen LogP contribution in [0, 0.1) is 5.82 Å². The molecule has 0 aliphatic heterocycles. The van der Waals surface area contributed by atoms with E-state index in [1.165, 1.54) is 30.8 Å². The summed E-state index contributed by atoms with van der Waals surface area (Å²) in [6, 6.07) is 5.54. The van der Waals surface area contributed by atoms with Crippen LogP contribution in [0.2, 0.25) is 0 Å². The van der Waals surface area contributed by atoms with Crippen molar-refractivity contribution in [1.82, 2.24) is 10.2 Å². The maximum Gasteiger partial charge on any atom is 0.246 e. The van der Waals surface area contributed by atoms with Crippen LogP contribution in [-0.4, -0.2) is 41.6 Å². The van der Waals surface area contributed by atoms with Crippen molar-refractivity contribution >= 4 is 23.6 Å². The van der Waals surface area contributed by atoms with Gasteiger partial charge in [-0.2, -0.15) is 0 Å². The number of amides is 2. The number of rotatable bonds is 9. The van der Waals surface area contributed by atoms with Gasteiger partial charge in [-0.25, -0.2) is 4.39 Å². The van der Waals surface area contributed by atoms with Crippen LogP contribution in [0.1, 0.15) is 33.6 Å². The van der Waals surface area contributed by atoms with Gasteiger partial charge in [0.1, 0.15) is 11.9 Å². The number of halogens is 1. The average molecular weight is 340 g/mol. The predicted octanol–water partition coefficient (Wildman–Crippen LogP) is 3.07. The predicted molar refractivity (Wildman–Crippen MR) is 91.9 cm³/mol. The first-order chi connectivity index (χ1) is 11.0. The lowest BCUT2D eigenvalue weighted by molar-refractivity contribution is -0.135. The number of hydrogen-bond donors (Lipinski definition) is 1. The second-order valence-electron chi connectivity index (χ2n) is 5.29. The molecule has 0 heterocycles. The van der Waals surface area contributed by atoms with Gasteiger partial charge >= 0.3 is 0 Å². The number of hydrogen-bond acceptors (Lipinski definition) is 3. The van der Waals surface area contributed by atoms with Crippen molar-refractivity contribution in [2.24, 2.45) is 0 Å². The zero-order valence-electron chi connectivity index (χ0n) is 14.0. The van der Waals surface area contributed by atoms with Crippen LogP contribution >= 0.6 is 11.8 Å². The molecule has 0 aliphatic rings. The SMILES string of the molecule is CCCCN(CC)C(=O)C(CSc1ccc(F)cc1)NC(C)=O. The molecular weight excluding hydrogens is 315 g/mol. The van der Waals surface area contributed by atoms with E-state index in [-0.39, 0.29) is 17.6 Å². The minimum atomic E-state index is -0.570. The highest BCUT2D eigenvalue weighted by Gasteiger charge is 2.24. The zero-order valence-corrected chi connectivity index (χ0v) is 14.8. The van der Waals surface area contributed by atoms with Crippen LogP contribution in [0.5, 0.6) is 0 Å². The highest BCUT2D eigenvalue weighted by atomic mass is 32.2. The Labute approximate surface area is 141 Å². The number of benzene rings is 1. The van der Waals surface area contributed by atoms with E-state index in [9.17, 15) is 14.0 Å². The first-order valence-electron chi connectivity index (χ1n) is 7.92. The molecule has 0 aromatic heterocycles. The second-order valence-corrected chi connectivity index (χ2v) is 6.38. The largest absolute Gasteiger partial charge is 0.344 e. The third-order valence-corrected chi connectivity index (χ3v) is 4.49. The number of carbonyl (C=O) groups is 2. The Morgan fingerprint density at radius 1 is 1.26 bits per heavy atom. The van der Waals surface area contributed by atoms with Gasteiger partial charge in [0.2, 0.25) is 11.8 Å². The lowest BCUT2D eigenvalue weighted by Gasteiger charge is -2.26. The molecule has 6 heteroatoms. The van der Waals surface area contributed by atoms with Gasteiger partial charge in [-0.15, -0.1) is 11.8 Å². The maximum absolute atomic E-state index is 12.9. The van der Waals surface area contributed by atoms with Crippen LogP contribution in [0.4, 0.5) is 4.39 Å². The molecule has 0 saturated carbocycles. The Balaban J connectivity index is 2.71. The summed E-state index contributed by atoms with van der Waals surface area (Å²) in [6.45, 7) is 6.74. The highest BCUT2D eigenvalue weighted by Crippen LogP contribution is 2.19. The van der Waals surface area contributed by atoms with Crippen molar-refractivity contribution in [3.63, 3.8) is 0 Å². The van der Waals surface area contributed by atoms with Crippen LogP contribution in [0.3, 0.4) is 0 Å². The molecule has 4 nitrogen and oxygen atoms in total. The summed E-state index contributed by atoms with van der Waals surface area (Å²) >= 11 is 1.43. The van der Waals surface area contributed by atoms with Crippen molar-refractivity contribution in [1.29, 1.82) is 0 Å². The summed E-state index contributed by atoms with van der Waals surface area (Å²) in [4.78, 5) is 26.7. The lowest BCUT2D eigenvalue weighted by Crippen LogP contribution is -2.49. The third-order valence-electron chi connectivity index (χ3n) is 3.38. The summed E-state index contributed by atoms with van der Waals surface area (Å²) < 4.78 is 12.9. The molecule has 1 aromatic rings. The summed E-state index contributed by atoms with van der Waals surface area (Å²) in [7, 11) is 0. The van der Waals surface area contributed by atoms with Gasteiger partial charge in [0.05, 0.1) is 0 Å². The highest BCUT2D eigenvalue weighted by molar-refractivity contribution is 7.99. The van der Waals surface area contributed by atoms with Crippen LogP contribution in [0.25, 0.3) is 0 Å². The Morgan fingerprint density at radius 3 is 2.43 bits per heavy atom. The molecule has 1 N–H and O–H groups in total. The van der Waals surface area contributed by atoms with Gasteiger partial charge in [-0.1, -0.05) is 13.3 Å². The standard InChI is InChI=1S/C17H25FN2O2S/c1-4-6-11-20(5-2)17(22)16(19-13(3)21)12-23-15-9-7-14(18)8-10-15/h7-10,16H,4-6,11-12H2,1-3H3,(H,19,21). The van der Waals surface area contributed by atoms with Crippen LogP contribution in [-0.2, 0) is 9.59 Å². The van der Waals surface area contributed by atoms with E-state index < -0.39 is 6.04 Å². The van der Waals surface area contributed by atoms with E-state index >= 15 is 0 Å². The topological polar surface area (TPSA) is 49.4 Å². The minimum absolute atomic E-state index is 0.0641. The summed E-state index contributed by atoms with van der Waals surface area (Å²) in [5, 5.41) is 2.73. The minimum Gasteiger partial charge on any atom is -0.344 e. The van der Waals surface area contributed by atoms with Crippen molar-refractivity contribution in [2.75, 3.05) is 18.8 Å². The Kier molecular flexibility index (Phi) is 8.69. The molecule has 0 saturated heterocycles. The van der Waals surface area contributed by atoms with Gasteiger partial charge in [-0.3, -0.25) is 9.59 Å². The van der Waals surface area contributed by atoms with E-state index in [4.69, 9.17) is 0 Å². The van der Waals surface area contributed by atoms with Crippen LogP contribution < -0.4 is 5.32 Å². The smallest absolute Gasteiger partial charge is 0.246 e. The Hall–Kier alpha value is -1.56. The monoisotopic (exact) mass is 340 g/mol. The fourth-order valence-electron chi connectivity index (χ4n) is 2.12. The normalized spacial score (nSPS) is 11.8. The average Bonchev–Trinajstić information content (AvgIpc) is 2.53. The van der Waals surface area contributed by atoms with E-state index in [1.807, 2.05) is 6.92 Å². The van der Waals surface area contributed by atoms with Gasteiger partial charge in [-0.05, 0) is 37.6 Å². The van der Waals surface area contributed by atoms with Crippen molar-refractivity contribution in [2.45, 2.75) is 44.6 Å². The van der Waals surface area contributed by atoms with Crippen molar-refractivity contribution in [3.05, 3.63) is 30.1 Å². The third kappa shape index (κ3) is 7.03. The Bertz CT molecular complexity index is 508. The number of nitrogens with zero attached hydrogens (tertiary/aromatic N) is 1. The van der Waals surface area contributed by atoms with E-state index in [1.54, 1.807) is 17.0 Å². The number of thioether (sulfide) groups is 1. The molecule has 0 radical (unpaired) electrons. The molecule has 1 atom stereocenters. The lowest BCUT2D eigenvalue weighted by atomic mass is 10.2. The van der Waals surface area contributed by atoms with Gasteiger partial charge in [0, 0.05) is 30.7 Å². The number of carbonyl (C=O) groups excluding carboxylic acids is 2. The second kappa shape index (κ2) is 10.3. The first-order valence-corrected chi connectivity index (χ1v) is 8.90. The quantitative estimate of drug-likeness (QED) is 0.703. The van der Waals surface area contributed by atoms with Gasteiger partial charge < -0.3 is 10.2 Å². The van der Waals surface area contributed by atoms with Gasteiger partial charge in [0.25, 0.3) is 0 Å². The van der Waals surface area contributed by atoms with Gasteiger partial charge in [0.15, 0.2) is 0 Å². The molecule has 0 aliphatic carbocycles. The molecule has 23 heavy (non-hydrogen) atoms. The summed E-state index contributed by atoms with van der Waals surface area (Å²) in [6.07, 6.45) is 1.95. The van der Waals surface area contributed by atoms with Crippen molar-refractivity contribution < 1.29 is 14.0 Å². The number of nitrogens with one attached hydrogen (secondary N) is 1. The number of unbranched alkanes of at least 4 members (excludes halogenated alkanes) is 1. The van der Waals surface area contributed by atoms with E-state index in [2.05, 4.69) is 12.2 Å². The molecule has 0 bridgehead atoms. The number of likely N-dealkylation sites (N-methyl/N-ethyl adjacent to an activating group) is 1. The summed E-state index contributed by atoms with van der Waals surface area (Å²) in [5.41, 5.74) is 0. The van der Waals surface area contributed by atoms with Crippen LogP contribution in [0.15, 0.2) is 29.2 Å². The molecule has 1 rings (SSSR count). The fourth-order valence-corrected chi connectivity index (χ4v) is 3.04. The molecule has 1 unspecified atom stereocenters. The van der Waals surface area contributed by atoms with Crippen molar-refractivity contribution in [3.8, 4) is 0 Å². The van der Waals surface area contributed by atoms with E-state index in [0.717, 1.165) is 17.7 Å².